The molecule has 1 aromatic carbocycles. The van der Waals surface area contributed by atoms with Gasteiger partial charge in [0, 0.05) is 18.6 Å². The number of aromatic amines is 1. The van der Waals surface area contributed by atoms with E-state index in [1.807, 2.05) is 18.2 Å². The van der Waals surface area contributed by atoms with Crippen molar-refractivity contribution in [2.24, 2.45) is 7.05 Å². The molecule has 0 saturated carbocycles. The van der Waals surface area contributed by atoms with E-state index >= 15 is 0 Å². The lowest BCUT2D eigenvalue weighted by atomic mass is 10.2. The topological polar surface area (TPSA) is 58.0 Å². The van der Waals surface area contributed by atoms with Crippen LogP contribution in [-0.4, -0.2) is 14.7 Å². The maximum Gasteiger partial charge on any atom is 0.328 e. The Hall–Kier alpha value is -1.62. The smallest absolute Gasteiger partial charge is 0.328 e. The van der Waals surface area contributed by atoms with Crippen LogP contribution in [0.5, 0.6) is 5.88 Å². The second-order valence-corrected chi connectivity index (χ2v) is 4.76. The van der Waals surface area contributed by atoms with E-state index in [9.17, 15) is 9.90 Å². The van der Waals surface area contributed by atoms with E-state index in [1.54, 1.807) is 18.8 Å². The molecule has 2 N–H and O–H groups in total. The van der Waals surface area contributed by atoms with Crippen molar-refractivity contribution in [2.45, 2.75) is 11.5 Å². The molecule has 0 aliphatic heterocycles. The summed E-state index contributed by atoms with van der Waals surface area (Å²) >= 11 is 1.65. The molecule has 0 unspecified atom stereocenters. The molecule has 2 rings (SSSR count). The fraction of sp³-hybridized carbons (Fsp3) is 0.250. The number of thioether (sulfide) groups is 1. The number of nitrogens with one attached hydrogen (secondary N) is 1. The number of H-pyrrole nitrogens is 1. The molecule has 1 heterocycles. The lowest BCUT2D eigenvalue weighted by Gasteiger charge is -2.01. The Bertz CT molecular complexity index is 545. The number of hydrogen-bond donors (Lipinski definition) is 2. The molecular weight excluding hydrogens is 236 g/mol. The number of hydrogen-bond acceptors (Lipinski definition) is 3. The van der Waals surface area contributed by atoms with Crippen molar-refractivity contribution in [1.82, 2.24) is 9.55 Å². The molecule has 0 fully saturated rings. The van der Waals surface area contributed by atoms with Gasteiger partial charge in [-0.1, -0.05) is 30.3 Å². The van der Waals surface area contributed by atoms with Gasteiger partial charge in [0.1, 0.15) is 0 Å². The molecule has 1 aromatic heterocycles. The Balaban J connectivity index is 1.95. The van der Waals surface area contributed by atoms with Crippen molar-refractivity contribution < 1.29 is 5.11 Å². The molecule has 0 spiro atoms. The summed E-state index contributed by atoms with van der Waals surface area (Å²) in [6, 6.07) is 10.1. The van der Waals surface area contributed by atoms with Crippen LogP contribution in [0.3, 0.4) is 0 Å². The van der Waals surface area contributed by atoms with Crippen LogP contribution >= 0.6 is 11.8 Å². The van der Waals surface area contributed by atoms with Gasteiger partial charge in [0.05, 0.1) is 5.69 Å². The minimum atomic E-state index is -0.280. The highest BCUT2D eigenvalue weighted by molar-refractivity contribution is 7.97. The van der Waals surface area contributed by atoms with Gasteiger partial charge in [-0.15, -0.1) is 0 Å². The second kappa shape index (κ2) is 5.14. The van der Waals surface area contributed by atoms with Gasteiger partial charge in [0.25, 0.3) is 0 Å². The van der Waals surface area contributed by atoms with Crippen molar-refractivity contribution in [2.75, 3.05) is 0 Å². The third-order valence-electron chi connectivity index (χ3n) is 2.51. The lowest BCUT2D eigenvalue weighted by Crippen LogP contribution is -2.11. The zero-order valence-electron chi connectivity index (χ0n) is 9.51. The van der Waals surface area contributed by atoms with Gasteiger partial charge in [0.15, 0.2) is 0 Å². The molecule has 0 aliphatic carbocycles. The average Bonchev–Trinajstić information content (AvgIpc) is 2.59. The second-order valence-electron chi connectivity index (χ2n) is 3.77. The number of aromatic nitrogens is 2. The molecule has 2 aromatic rings. The normalized spacial score (nSPS) is 10.6. The fourth-order valence-electron chi connectivity index (χ4n) is 1.51. The Morgan fingerprint density at radius 1 is 1.29 bits per heavy atom. The maximum atomic E-state index is 11.2. The Morgan fingerprint density at radius 2 is 2.00 bits per heavy atom. The summed E-state index contributed by atoms with van der Waals surface area (Å²) in [4.78, 5) is 13.9. The summed E-state index contributed by atoms with van der Waals surface area (Å²) in [6.45, 7) is 0. The van der Waals surface area contributed by atoms with E-state index < -0.39 is 0 Å². The molecular formula is C12H14N2O2S. The highest BCUT2D eigenvalue weighted by Gasteiger charge is 2.09. The van der Waals surface area contributed by atoms with Crippen molar-refractivity contribution in [3.05, 3.63) is 52.1 Å². The Labute approximate surface area is 103 Å². The monoisotopic (exact) mass is 250 g/mol. The van der Waals surface area contributed by atoms with Crippen LogP contribution in [0, 0.1) is 0 Å². The SMILES string of the molecule is Cn1c(O)c(CSCc2ccccc2)[nH]c1=O. The molecule has 4 nitrogen and oxygen atoms in total. The zero-order valence-corrected chi connectivity index (χ0v) is 10.3. The average molecular weight is 250 g/mol. The van der Waals surface area contributed by atoms with Crippen LogP contribution in [0.4, 0.5) is 0 Å². The molecule has 90 valence electrons. The van der Waals surface area contributed by atoms with Gasteiger partial charge >= 0.3 is 5.69 Å². The van der Waals surface area contributed by atoms with Crippen molar-refractivity contribution in [3.63, 3.8) is 0 Å². The standard InChI is InChI=1S/C12H14N2O2S/c1-14-11(15)10(13-12(14)16)8-17-7-9-5-3-2-4-6-9/h2-6,15H,7-8H2,1H3,(H,13,16). The number of imidazole rings is 1. The van der Waals surface area contributed by atoms with Crippen molar-refractivity contribution in [1.29, 1.82) is 0 Å². The van der Waals surface area contributed by atoms with Crippen molar-refractivity contribution in [3.8, 4) is 5.88 Å². The quantitative estimate of drug-likeness (QED) is 0.870. The number of nitrogens with zero attached hydrogens (tertiary/aromatic N) is 1. The third kappa shape index (κ3) is 2.74. The van der Waals surface area contributed by atoms with E-state index in [2.05, 4.69) is 17.1 Å². The maximum absolute atomic E-state index is 11.2. The number of rotatable bonds is 4. The Kier molecular flexibility index (Phi) is 3.58. The molecule has 0 saturated heterocycles. The molecule has 0 bridgehead atoms. The molecule has 17 heavy (non-hydrogen) atoms. The van der Waals surface area contributed by atoms with Gasteiger partial charge in [-0.2, -0.15) is 11.8 Å². The zero-order chi connectivity index (χ0) is 12.3. The largest absolute Gasteiger partial charge is 0.493 e. The molecule has 0 radical (unpaired) electrons. The molecule has 0 aliphatic rings. The fourth-order valence-corrected chi connectivity index (χ4v) is 2.45. The molecule has 5 heteroatoms. The highest BCUT2D eigenvalue weighted by atomic mass is 32.2. The molecule has 0 amide bonds. The van der Waals surface area contributed by atoms with E-state index in [1.165, 1.54) is 10.1 Å². The first-order valence-corrected chi connectivity index (χ1v) is 6.42. The van der Waals surface area contributed by atoms with Crippen LogP contribution in [-0.2, 0) is 18.6 Å². The first-order chi connectivity index (χ1) is 8.18. The van der Waals surface area contributed by atoms with E-state index in [0.717, 1.165) is 5.75 Å². The van der Waals surface area contributed by atoms with Crippen LogP contribution in [0.15, 0.2) is 35.1 Å². The summed E-state index contributed by atoms with van der Waals surface area (Å²) in [5, 5.41) is 9.63. The Morgan fingerprint density at radius 3 is 2.59 bits per heavy atom. The van der Waals surface area contributed by atoms with Gasteiger partial charge in [-0.25, -0.2) is 4.79 Å². The first kappa shape index (κ1) is 11.9. The van der Waals surface area contributed by atoms with E-state index in [-0.39, 0.29) is 11.6 Å². The summed E-state index contributed by atoms with van der Waals surface area (Å²) < 4.78 is 1.21. The van der Waals surface area contributed by atoms with Crippen LogP contribution in [0.25, 0.3) is 0 Å². The summed E-state index contributed by atoms with van der Waals surface area (Å²) in [7, 11) is 1.54. The highest BCUT2D eigenvalue weighted by Crippen LogP contribution is 2.21. The summed E-state index contributed by atoms with van der Waals surface area (Å²) in [6.07, 6.45) is 0. The van der Waals surface area contributed by atoms with Gasteiger partial charge < -0.3 is 10.1 Å². The van der Waals surface area contributed by atoms with E-state index in [4.69, 9.17) is 0 Å². The predicted molar refractivity (Wildman–Crippen MR) is 69.1 cm³/mol. The minimum Gasteiger partial charge on any atom is -0.493 e. The van der Waals surface area contributed by atoms with Crippen molar-refractivity contribution >= 4 is 11.8 Å². The van der Waals surface area contributed by atoms with Crippen LogP contribution in [0.1, 0.15) is 11.3 Å². The number of benzene rings is 1. The summed E-state index contributed by atoms with van der Waals surface area (Å²) in [5.74, 6) is 1.48. The van der Waals surface area contributed by atoms with Gasteiger partial charge in [-0.05, 0) is 5.56 Å². The van der Waals surface area contributed by atoms with Gasteiger partial charge in [0.2, 0.25) is 5.88 Å². The van der Waals surface area contributed by atoms with E-state index in [0.29, 0.717) is 11.4 Å². The first-order valence-electron chi connectivity index (χ1n) is 5.27. The lowest BCUT2D eigenvalue weighted by molar-refractivity contribution is 0.425. The minimum absolute atomic E-state index is 0.0237. The molecule has 0 atom stereocenters. The predicted octanol–water partition coefficient (Wildman–Crippen LogP) is 1.85. The van der Waals surface area contributed by atoms with Gasteiger partial charge in [-0.3, -0.25) is 4.57 Å². The third-order valence-corrected chi connectivity index (χ3v) is 3.54. The van der Waals surface area contributed by atoms with Crippen LogP contribution < -0.4 is 5.69 Å². The summed E-state index contributed by atoms with van der Waals surface area (Å²) in [5.41, 5.74) is 1.53. The van der Waals surface area contributed by atoms with Crippen LogP contribution in [0.2, 0.25) is 0 Å². The number of aromatic hydroxyl groups is 1.